The Bertz CT molecular complexity index is 486. The number of rotatable bonds is 11. The fourth-order valence-electron chi connectivity index (χ4n) is 3.22. The number of ketones is 1. The first-order chi connectivity index (χ1) is 12.4. The van der Waals surface area contributed by atoms with Gasteiger partial charge >= 0.3 is 5.97 Å². The summed E-state index contributed by atoms with van der Waals surface area (Å²) in [6.07, 6.45) is 5.12. The molecule has 0 radical (unpaired) electrons. The summed E-state index contributed by atoms with van der Waals surface area (Å²) in [5.74, 6) is -1.14. The highest BCUT2D eigenvalue weighted by Gasteiger charge is 2.33. The van der Waals surface area contributed by atoms with Gasteiger partial charge in [-0.15, -0.1) is 0 Å². The maximum Gasteiger partial charge on any atom is 0.328 e. The van der Waals surface area contributed by atoms with Crippen LogP contribution >= 0.6 is 0 Å². The van der Waals surface area contributed by atoms with Gasteiger partial charge in [-0.25, -0.2) is 4.79 Å². The van der Waals surface area contributed by atoms with Gasteiger partial charge in [-0.05, 0) is 46.0 Å². The molecule has 148 valence electrons. The summed E-state index contributed by atoms with van der Waals surface area (Å²) in [6, 6.07) is -0.916. The molecule has 0 heterocycles. The van der Waals surface area contributed by atoms with Crippen molar-refractivity contribution < 1.29 is 23.9 Å². The van der Waals surface area contributed by atoms with Gasteiger partial charge in [-0.3, -0.25) is 9.59 Å². The van der Waals surface area contributed by atoms with Gasteiger partial charge in [0.25, 0.3) is 0 Å². The van der Waals surface area contributed by atoms with Crippen LogP contribution in [-0.2, 0) is 23.9 Å². The number of carbonyl (C=O) groups is 3. The minimum Gasteiger partial charge on any atom is -0.461 e. The highest BCUT2D eigenvalue weighted by molar-refractivity contribution is 6.26. The Morgan fingerprint density at radius 1 is 1.19 bits per heavy atom. The number of esters is 1. The molecule has 7 heteroatoms. The maximum absolute atomic E-state index is 12.8. The van der Waals surface area contributed by atoms with Crippen molar-refractivity contribution in [1.29, 1.82) is 5.41 Å². The zero-order chi connectivity index (χ0) is 19.5. The molecular weight excluding hydrogens is 336 g/mol. The van der Waals surface area contributed by atoms with Crippen molar-refractivity contribution in [2.75, 3.05) is 6.61 Å². The summed E-state index contributed by atoms with van der Waals surface area (Å²) < 4.78 is 10.9. The van der Waals surface area contributed by atoms with Crippen molar-refractivity contribution >= 4 is 23.9 Å². The molecule has 0 aromatic rings. The predicted octanol–water partition coefficient (Wildman–Crippen LogP) is 2.41. The van der Waals surface area contributed by atoms with Gasteiger partial charge in [0, 0.05) is 13.0 Å². The van der Waals surface area contributed by atoms with E-state index in [1.54, 1.807) is 13.8 Å². The van der Waals surface area contributed by atoms with Crippen molar-refractivity contribution in [3.63, 3.8) is 0 Å². The van der Waals surface area contributed by atoms with E-state index in [1.807, 2.05) is 6.92 Å². The van der Waals surface area contributed by atoms with Crippen molar-refractivity contribution in [3.05, 3.63) is 0 Å². The lowest BCUT2D eigenvalue weighted by Crippen LogP contribution is -2.49. The van der Waals surface area contributed by atoms with Crippen LogP contribution in [0.2, 0.25) is 0 Å². The lowest BCUT2D eigenvalue weighted by molar-refractivity contribution is -0.153. The van der Waals surface area contributed by atoms with E-state index in [2.05, 4.69) is 5.32 Å². The van der Waals surface area contributed by atoms with Crippen molar-refractivity contribution in [2.24, 2.45) is 5.92 Å². The molecule has 1 fully saturated rings. The van der Waals surface area contributed by atoms with Crippen LogP contribution in [0.4, 0.5) is 0 Å². The van der Waals surface area contributed by atoms with Crippen LogP contribution in [0.5, 0.6) is 0 Å². The minimum absolute atomic E-state index is 0.00434. The molecule has 1 rings (SSSR count). The van der Waals surface area contributed by atoms with E-state index in [1.165, 1.54) is 6.42 Å². The molecule has 1 aliphatic carbocycles. The Morgan fingerprint density at radius 3 is 2.38 bits per heavy atom. The predicted molar refractivity (Wildman–Crippen MR) is 98.2 cm³/mol. The summed E-state index contributed by atoms with van der Waals surface area (Å²) in [6.45, 7) is 5.72. The van der Waals surface area contributed by atoms with Gasteiger partial charge in [-0.1, -0.05) is 19.3 Å². The smallest absolute Gasteiger partial charge is 0.328 e. The van der Waals surface area contributed by atoms with Gasteiger partial charge in [-0.2, -0.15) is 0 Å². The van der Waals surface area contributed by atoms with Crippen LogP contribution in [0.15, 0.2) is 0 Å². The highest BCUT2D eigenvalue weighted by atomic mass is 16.5. The Hall–Kier alpha value is -1.76. The first kappa shape index (κ1) is 22.3. The molecule has 0 saturated heterocycles. The summed E-state index contributed by atoms with van der Waals surface area (Å²) >= 11 is 0. The van der Waals surface area contributed by atoms with Crippen molar-refractivity contribution in [1.82, 2.24) is 5.32 Å². The van der Waals surface area contributed by atoms with E-state index < -0.39 is 23.9 Å². The number of hydrogen-bond acceptors (Lipinski definition) is 6. The second-order valence-electron chi connectivity index (χ2n) is 6.97. The van der Waals surface area contributed by atoms with E-state index in [0.717, 1.165) is 31.9 Å². The molecule has 2 N–H and O–H groups in total. The first-order valence-electron chi connectivity index (χ1n) is 9.54. The van der Waals surface area contributed by atoms with Crippen molar-refractivity contribution in [3.8, 4) is 0 Å². The van der Waals surface area contributed by atoms with Crippen LogP contribution in [0.1, 0.15) is 65.7 Å². The third-order valence-electron chi connectivity index (χ3n) is 4.48. The van der Waals surface area contributed by atoms with Gasteiger partial charge in [0.15, 0.2) is 5.78 Å². The molecule has 1 amide bonds. The standard InChI is InChI=1S/C19H32N2O5/c1-4-25-17(14-8-6-5-7-9-14)18(23)21-16(11-10-15(22)12-20)19(24)26-13(2)3/h12-14,16-17,20H,4-11H2,1-3H3,(H,21,23)/t16-,17-/m0/s1. The maximum atomic E-state index is 12.8. The first-order valence-corrected chi connectivity index (χ1v) is 9.54. The summed E-state index contributed by atoms with van der Waals surface area (Å²) in [5.41, 5.74) is 0. The fourth-order valence-corrected chi connectivity index (χ4v) is 3.22. The average Bonchev–Trinajstić information content (AvgIpc) is 2.62. The van der Waals surface area contributed by atoms with E-state index in [4.69, 9.17) is 14.9 Å². The van der Waals surface area contributed by atoms with E-state index in [-0.39, 0.29) is 30.8 Å². The number of hydrogen-bond donors (Lipinski definition) is 2. The van der Waals surface area contributed by atoms with Gasteiger partial charge in [0.05, 0.1) is 12.3 Å². The third kappa shape index (κ3) is 7.64. The largest absolute Gasteiger partial charge is 0.461 e. The molecule has 1 saturated carbocycles. The normalized spacial score (nSPS) is 17.4. The third-order valence-corrected chi connectivity index (χ3v) is 4.48. The monoisotopic (exact) mass is 368 g/mol. The molecule has 0 unspecified atom stereocenters. The topological polar surface area (TPSA) is 106 Å². The molecule has 1 aliphatic rings. The highest BCUT2D eigenvalue weighted by Crippen LogP contribution is 2.28. The molecule has 26 heavy (non-hydrogen) atoms. The van der Waals surface area contributed by atoms with Crippen LogP contribution in [0.3, 0.4) is 0 Å². The van der Waals surface area contributed by atoms with E-state index in [9.17, 15) is 14.4 Å². The number of carbonyl (C=O) groups excluding carboxylic acids is 3. The number of amides is 1. The lowest BCUT2D eigenvalue weighted by Gasteiger charge is -2.30. The summed E-state index contributed by atoms with van der Waals surface area (Å²) in [5, 5.41) is 9.69. The molecule has 0 bridgehead atoms. The Balaban J connectivity index is 2.79. The molecule has 0 aromatic heterocycles. The lowest BCUT2D eigenvalue weighted by atomic mass is 9.84. The van der Waals surface area contributed by atoms with Crippen molar-refractivity contribution in [2.45, 2.75) is 84.0 Å². The van der Waals surface area contributed by atoms with Crippen LogP contribution in [0.25, 0.3) is 0 Å². The second-order valence-corrected chi connectivity index (χ2v) is 6.97. The molecule has 0 spiro atoms. The van der Waals surface area contributed by atoms with Crippen LogP contribution in [0, 0.1) is 11.3 Å². The van der Waals surface area contributed by atoms with E-state index in [0.29, 0.717) is 6.61 Å². The fraction of sp³-hybridized carbons (Fsp3) is 0.789. The SMILES string of the molecule is CCO[C@H](C(=O)N[C@@H](CCC(=O)C=N)C(=O)OC(C)C)C1CCCCC1. The number of Topliss-reactive ketones (excluding diaryl/α,β-unsaturated/α-hetero) is 1. The second kappa shape index (κ2) is 11.8. The minimum atomic E-state index is -0.916. The van der Waals surface area contributed by atoms with Crippen LogP contribution in [-0.4, -0.2) is 48.7 Å². The molecular formula is C19H32N2O5. The zero-order valence-corrected chi connectivity index (χ0v) is 16.1. The van der Waals surface area contributed by atoms with Gasteiger partial charge in [0.2, 0.25) is 5.91 Å². The molecule has 0 aromatic carbocycles. The number of ether oxygens (including phenoxy) is 2. The molecule has 7 nitrogen and oxygen atoms in total. The summed E-state index contributed by atoms with van der Waals surface area (Å²) in [7, 11) is 0. The van der Waals surface area contributed by atoms with Gasteiger partial charge < -0.3 is 20.2 Å². The molecule has 2 atom stereocenters. The summed E-state index contributed by atoms with van der Waals surface area (Å²) in [4.78, 5) is 36.5. The quantitative estimate of drug-likeness (QED) is 0.430. The Kier molecular flexibility index (Phi) is 10.1. The van der Waals surface area contributed by atoms with E-state index >= 15 is 0 Å². The average molecular weight is 368 g/mol. The number of nitrogens with one attached hydrogen (secondary N) is 2. The zero-order valence-electron chi connectivity index (χ0n) is 16.1. The molecule has 0 aliphatic heterocycles. The Morgan fingerprint density at radius 2 is 1.85 bits per heavy atom. The van der Waals surface area contributed by atoms with Crippen LogP contribution < -0.4 is 5.32 Å². The van der Waals surface area contributed by atoms with Gasteiger partial charge in [0.1, 0.15) is 12.1 Å². The Labute approximate surface area is 155 Å².